The summed E-state index contributed by atoms with van der Waals surface area (Å²) in [5.74, 6) is -1.47. The van der Waals surface area contributed by atoms with E-state index in [-0.39, 0.29) is 62.1 Å². The number of hydrogen-bond acceptors (Lipinski definition) is 7. The number of aliphatic hydroxyl groups is 1. The molecule has 2 saturated heterocycles. The van der Waals surface area contributed by atoms with Crippen molar-refractivity contribution in [1.29, 1.82) is 0 Å². The molecule has 5 heterocycles. The topological polar surface area (TPSA) is 180 Å². The van der Waals surface area contributed by atoms with Gasteiger partial charge in [-0.3, -0.25) is 19.2 Å². The minimum Gasteiger partial charge on any atom is -0.432 e. The Hall–Kier alpha value is -6.06. The molecule has 0 aliphatic carbocycles. The van der Waals surface area contributed by atoms with Crippen molar-refractivity contribution in [3.8, 4) is 0 Å². The first-order valence-electron chi connectivity index (χ1n) is 21.4. The van der Waals surface area contributed by atoms with Crippen LogP contribution in [0, 0.1) is 5.92 Å². The van der Waals surface area contributed by atoms with E-state index in [1.54, 1.807) is 21.9 Å². The lowest BCUT2D eigenvalue weighted by molar-refractivity contribution is -0.150. The molecule has 5 atom stereocenters. The minimum atomic E-state index is -3.11. The van der Waals surface area contributed by atoms with E-state index in [9.17, 15) is 24.3 Å². The summed E-state index contributed by atoms with van der Waals surface area (Å²) in [6, 6.07) is 28.2. The van der Waals surface area contributed by atoms with E-state index in [4.69, 9.17) is 4.74 Å². The van der Waals surface area contributed by atoms with Gasteiger partial charge in [0, 0.05) is 69.1 Å². The van der Waals surface area contributed by atoms with E-state index in [0.29, 0.717) is 35.6 Å². The van der Waals surface area contributed by atoms with E-state index in [1.165, 1.54) is 0 Å². The first kappa shape index (κ1) is 41.3. The fourth-order valence-corrected chi connectivity index (χ4v) is 13.0. The molecule has 14 heteroatoms. The molecule has 2 aromatic heterocycles. The number of aromatic amines is 2. The molecule has 1 spiro atoms. The highest BCUT2D eigenvalue weighted by molar-refractivity contribution is 6.71. The monoisotopic (exact) mass is 852 g/mol. The first-order chi connectivity index (χ1) is 29.8. The van der Waals surface area contributed by atoms with E-state index in [2.05, 4.69) is 20.6 Å². The fourth-order valence-electron chi connectivity index (χ4n) is 10.4. The second-order valence-corrected chi connectivity index (χ2v) is 21.6. The highest BCUT2D eigenvalue weighted by atomic mass is 28.4. The number of hydrogen-bond donors (Lipinski definition) is 6. The summed E-state index contributed by atoms with van der Waals surface area (Å²) in [7, 11) is -3.11. The van der Waals surface area contributed by atoms with Crippen LogP contribution < -0.4 is 15.5 Å². The van der Waals surface area contributed by atoms with Crippen molar-refractivity contribution in [1.82, 2.24) is 14.9 Å². The van der Waals surface area contributed by atoms with Crippen LogP contribution in [0.4, 0.5) is 17.1 Å². The van der Waals surface area contributed by atoms with Gasteiger partial charge >= 0.3 is 0 Å². The molecule has 0 unspecified atom stereocenters. The van der Waals surface area contributed by atoms with Gasteiger partial charge in [0.15, 0.2) is 13.9 Å². The van der Waals surface area contributed by atoms with Gasteiger partial charge in [-0.05, 0) is 85.1 Å². The SMILES string of the molecule is C[C@@H]1[C@@H]([Si](C)(C)O)[C@H](CC(=O)N2CCC[C@H]2CO)O[C@@]12C(=O)N(Cc1cccc(NC(=O)Cc3c[nH]c4ccccc34)c1)c1ccc(NC(=O)Cc3c[nH]c4ccccc34)cc12. The number of ether oxygens (including phenoxy) is 1. The molecule has 0 bridgehead atoms. The molecule has 4 aromatic carbocycles. The second kappa shape index (κ2) is 16.3. The van der Waals surface area contributed by atoms with Gasteiger partial charge in [0.2, 0.25) is 17.7 Å². The Morgan fingerprint density at radius 1 is 0.855 bits per heavy atom. The molecule has 9 rings (SSSR count). The van der Waals surface area contributed by atoms with Gasteiger partial charge in [0.25, 0.3) is 5.91 Å². The lowest BCUT2D eigenvalue weighted by Crippen LogP contribution is -2.46. The van der Waals surface area contributed by atoms with E-state index in [1.807, 2.05) is 111 Å². The summed E-state index contributed by atoms with van der Waals surface area (Å²) >= 11 is 0. The maximum Gasteiger partial charge on any atom is 0.264 e. The Bertz CT molecular complexity index is 2700. The van der Waals surface area contributed by atoms with Gasteiger partial charge in [0.05, 0.1) is 50.2 Å². The predicted molar refractivity (Wildman–Crippen MR) is 241 cm³/mol. The third-order valence-electron chi connectivity index (χ3n) is 13.2. The van der Waals surface area contributed by atoms with Crippen LogP contribution in [0.2, 0.25) is 18.6 Å². The standard InChI is InChI=1S/C48H52N6O7Si/c1-29-46(62(2,3)60)42(24-45(58)53-19-9-12-35(53)28-55)61-48(29)38-23-34(52-44(57)22-32-26-50-40-16-7-5-14-37(32)40)17-18-41(38)54(47(48)59)27-30-10-8-11-33(20-30)51-43(56)21-31-25-49-39-15-6-4-13-36(31)39/h4-8,10-11,13-18,20,23,25-26,29,35,42,46,49-50,55,60H,9,12,19,21-22,24,27-28H2,1-3H3,(H,51,56)(H,52,57)/t29-,35+,42+,46-,48+/m1/s1. The molecule has 4 amide bonds. The molecule has 0 saturated carbocycles. The molecule has 320 valence electrons. The number of aliphatic hydroxyl groups excluding tert-OH is 1. The number of rotatable bonds is 12. The van der Waals surface area contributed by atoms with Gasteiger partial charge in [-0.15, -0.1) is 0 Å². The molecule has 3 aliphatic rings. The molecule has 3 aliphatic heterocycles. The van der Waals surface area contributed by atoms with Crippen LogP contribution >= 0.6 is 0 Å². The quantitative estimate of drug-likeness (QED) is 0.0739. The number of anilines is 3. The van der Waals surface area contributed by atoms with Crippen molar-refractivity contribution < 1.29 is 33.8 Å². The largest absolute Gasteiger partial charge is 0.432 e. The average Bonchev–Trinajstić information content (AvgIpc) is 4.07. The summed E-state index contributed by atoms with van der Waals surface area (Å²) in [4.78, 5) is 77.9. The Labute approximate surface area is 360 Å². The molecule has 6 aromatic rings. The normalized spacial score (nSPS) is 22.2. The van der Waals surface area contributed by atoms with Crippen LogP contribution in [0.1, 0.15) is 48.4 Å². The lowest BCUT2D eigenvalue weighted by atomic mass is 9.82. The highest BCUT2D eigenvalue weighted by Gasteiger charge is 2.66. The minimum absolute atomic E-state index is 0.0474. The summed E-state index contributed by atoms with van der Waals surface area (Å²) < 4.78 is 7.01. The predicted octanol–water partition coefficient (Wildman–Crippen LogP) is 6.73. The van der Waals surface area contributed by atoms with E-state index in [0.717, 1.165) is 44.9 Å². The van der Waals surface area contributed by atoms with Crippen molar-refractivity contribution in [2.75, 3.05) is 28.7 Å². The number of aromatic nitrogens is 2. The third-order valence-corrected chi connectivity index (χ3v) is 15.7. The molecule has 62 heavy (non-hydrogen) atoms. The second-order valence-electron chi connectivity index (χ2n) is 17.6. The number of benzene rings is 4. The zero-order valence-electron chi connectivity index (χ0n) is 35.1. The summed E-state index contributed by atoms with van der Waals surface area (Å²) in [6.07, 6.45) is 4.66. The highest BCUT2D eigenvalue weighted by Crippen LogP contribution is 2.60. The van der Waals surface area contributed by atoms with Crippen molar-refractivity contribution >= 4 is 70.8 Å². The molecular weight excluding hydrogens is 801 g/mol. The number of amides is 4. The van der Waals surface area contributed by atoms with Gasteiger partial charge < -0.3 is 45.0 Å². The average molecular weight is 853 g/mol. The van der Waals surface area contributed by atoms with Crippen LogP contribution in [0.3, 0.4) is 0 Å². The zero-order chi connectivity index (χ0) is 43.3. The Balaban J connectivity index is 1.02. The maximum atomic E-state index is 15.3. The third kappa shape index (κ3) is 7.50. The van der Waals surface area contributed by atoms with Crippen LogP contribution in [0.25, 0.3) is 21.8 Å². The van der Waals surface area contributed by atoms with Gasteiger partial charge in [-0.2, -0.15) is 0 Å². The van der Waals surface area contributed by atoms with Crippen LogP contribution in [0.5, 0.6) is 0 Å². The molecular formula is C48H52N6O7Si. The number of carbonyl (C=O) groups excluding carboxylic acids is 4. The number of fused-ring (bicyclic) bond motifs is 4. The number of nitrogens with zero attached hydrogens (tertiary/aromatic N) is 2. The Morgan fingerprint density at radius 2 is 1.48 bits per heavy atom. The maximum absolute atomic E-state index is 15.3. The molecule has 13 nitrogen and oxygen atoms in total. The van der Waals surface area contributed by atoms with Crippen LogP contribution in [0.15, 0.2) is 103 Å². The van der Waals surface area contributed by atoms with Gasteiger partial charge in [-0.1, -0.05) is 55.5 Å². The zero-order valence-corrected chi connectivity index (χ0v) is 36.1. The summed E-state index contributed by atoms with van der Waals surface area (Å²) in [5.41, 5.74) is 4.53. The van der Waals surface area contributed by atoms with Gasteiger partial charge in [0.1, 0.15) is 0 Å². The number of likely N-dealkylation sites (tertiary alicyclic amines) is 1. The number of carbonyl (C=O) groups is 4. The molecule has 0 radical (unpaired) electrons. The van der Waals surface area contributed by atoms with Gasteiger partial charge in [-0.25, -0.2) is 0 Å². The number of para-hydroxylation sites is 2. The van der Waals surface area contributed by atoms with E-state index < -0.39 is 31.5 Å². The Morgan fingerprint density at radius 3 is 2.11 bits per heavy atom. The van der Waals surface area contributed by atoms with E-state index >= 15 is 4.79 Å². The fraction of sp³-hybridized carbons (Fsp3) is 0.333. The van der Waals surface area contributed by atoms with Crippen LogP contribution in [-0.4, -0.2) is 82.0 Å². The van der Waals surface area contributed by atoms with Crippen molar-refractivity contribution in [3.05, 3.63) is 126 Å². The number of nitrogens with one attached hydrogen (secondary N) is 4. The Kier molecular flexibility index (Phi) is 10.9. The van der Waals surface area contributed by atoms with Crippen molar-refractivity contribution in [3.63, 3.8) is 0 Å². The molecule has 6 N–H and O–H groups in total. The van der Waals surface area contributed by atoms with Crippen LogP contribution in [-0.2, 0) is 48.9 Å². The summed E-state index contributed by atoms with van der Waals surface area (Å²) in [5, 5.41) is 18.1. The lowest BCUT2D eigenvalue weighted by Gasteiger charge is -2.33. The van der Waals surface area contributed by atoms with Crippen molar-refractivity contribution in [2.45, 2.75) is 82.0 Å². The smallest absolute Gasteiger partial charge is 0.264 e. The molecule has 2 fully saturated rings. The van der Waals surface area contributed by atoms with Crippen molar-refractivity contribution in [2.24, 2.45) is 5.92 Å². The first-order valence-corrected chi connectivity index (χ1v) is 24.4. The number of H-pyrrole nitrogens is 2. The summed E-state index contributed by atoms with van der Waals surface area (Å²) in [6.45, 7) is 6.09.